The lowest BCUT2D eigenvalue weighted by molar-refractivity contribution is 0.242. The van der Waals surface area contributed by atoms with Gasteiger partial charge in [0.25, 0.3) is 0 Å². The highest BCUT2D eigenvalue weighted by Gasteiger charge is 2.14. The highest BCUT2D eigenvalue weighted by atomic mass is 16.5. The molecule has 2 rings (SSSR count). The zero-order valence-electron chi connectivity index (χ0n) is 16.5. The standard InChI is InChI=1S/C20H26N6O2/c1-12(2)27-15-5-6-17(22)16(10-15)20(24)14-7-8-25-19(9-14)26(4)11-18(23)28-13(3)21/h5-10,12,21,23-24H,11,22H2,1-4H3. The van der Waals surface area contributed by atoms with Crippen molar-refractivity contribution in [1.82, 2.24) is 4.98 Å². The normalized spacial score (nSPS) is 10.5. The highest BCUT2D eigenvalue weighted by Crippen LogP contribution is 2.24. The van der Waals surface area contributed by atoms with Gasteiger partial charge in [-0.1, -0.05) is 0 Å². The Kier molecular flexibility index (Phi) is 6.70. The minimum Gasteiger partial charge on any atom is -0.491 e. The van der Waals surface area contributed by atoms with E-state index in [1.165, 1.54) is 6.92 Å². The quantitative estimate of drug-likeness (QED) is 0.331. The first-order valence-electron chi connectivity index (χ1n) is 8.80. The maximum Gasteiger partial charge on any atom is 0.208 e. The van der Waals surface area contributed by atoms with Crippen molar-refractivity contribution >= 4 is 29.0 Å². The number of nitrogens with two attached hydrogens (primary N) is 1. The number of nitrogens with one attached hydrogen (secondary N) is 3. The van der Waals surface area contributed by atoms with Gasteiger partial charge in [-0.3, -0.25) is 16.2 Å². The van der Waals surface area contributed by atoms with Gasteiger partial charge in [0.05, 0.1) is 18.4 Å². The molecule has 28 heavy (non-hydrogen) atoms. The minimum atomic E-state index is -0.0555. The Bertz CT molecular complexity index is 894. The van der Waals surface area contributed by atoms with Gasteiger partial charge in [0, 0.05) is 37.0 Å². The van der Waals surface area contributed by atoms with Crippen molar-refractivity contribution in [3.63, 3.8) is 0 Å². The van der Waals surface area contributed by atoms with E-state index in [1.807, 2.05) is 13.8 Å². The Labute approximate surface area is 164 Å². The number of ether oxygens (including phenoxy) is 2. The molecule has 5 N–H and O–H groups in total. The number of aromatic nitrogens is 1. The van der Waals surface area contributed by atoms with Crippen LogP contribution in [0.2, 0.25) is 0 Å². The summed E-state index contributed by atoms with van der Waals surface area (Å²) in [7, 11) is 1.76. The molecule has 1 heterocycles. The molecule has 0 saturated heterocycles. The number of likely N-dealkylation sites (N-methyl/N-ethyl adjacent to an activating group) is 1. The van der Waals surface area contributed by atoms with Crippen LogP contribution >= 0.6 is 0 Å². The summed E-state index contributed by atoms with van der Waals surface area (Å²) in [4.78, 5) is 6.01. The van der Waals surface area contributed by atoms with Gasteiger partial charge >= 0.3 is 0 Å². The third kappa shape index (κ3) is 5.54. The molecular formula is C20H26N6O2. The second-order valence-electron chi connectivity index (χ2n) is 6.63. The van der Waals surface area contributed by atoms with Gasteiger partial charge in [-0.15, -0.1) is 0 Å². The monoisotopic (exact) mass is 382 g/mol. The summed E-state index contributed by atoms with van der Waals surface area (Å²) < 4.78 is 10.7. The number of hydrogen-bond acceptors (Lipinski definition) is 8. The molecule has 8 nitrogen and oxygen atoms in total. The van der Waals surface area contributed by atoms with E-state index < -0.39 is 0 Å². The molecule has 0 aliphatic heterocycles. The molecule has 0 bridgehead atoms. The van der Waals surface area contributed by atoms with Crippen LogP contribution in [0.25, 0.3) is 0 Å². The number of pyridine rings is 1. The Hall–Kier alpha value is -3.42. The molecule has 0 saturated carbocycles. The van der Waals surface area contributed by atoms with Crippen molar-refractivity contribution in [3.8, 4) is 5.75 Å². The third-order valence-corrected chi connectivity index (χ3v) is 3.75. The summed E-state index contributed by atoms with van der Waals surface area (Å²) in [6.07, 6.45) is 1.63. The Morgan fingerprint density at radius 1 is 1.18 bits per heavy atom. The van der Waals surface area contributed by atoms with Gasteiger partial charge in [0.15, 0.2) is 5.90 Å². The number of rotatable bonds is 7. The van der Waals surface area contributed by atoms with Crippen molar-refractivity contribution in [3.05, 3.63) is 47.7 Å². The van der Waals surface area contributed by atoms with Crippen molar-refractivity contribution < 1.29 is 9.47 Å². The van der Waals surface area contributed by atoms with Crippen molar-refractivity contribution in [2.75, 3.05) is 24.2 Å². The summed E-state index contributed by atoms with van der Waals surface area (Å²) in [5.74, 6) is 1.13. The molecule has 0 unspecified atom stereocenters. The van der Waals surface area contributed by atoms with Gasteiger partial charge in [-0.05, 0) is 44.2 Å². The molecule has 1 aromatic carbocycles. The van der Waals surface area contributed by atoms with E-state index in [2.05, 4.69) is 4.98 Å². The third-order valence-electron chi connectivity index (χ3n) is 3.75. The summed E-state index contributed by atoms with van der Waals surface area (Å²) in [6.45, 7) is 5.50. The Morgan fingerprint density at radius 2 is 1.89 bits per heavy atom. The second-order valence-corrected chi connectivity index (χ2v) is 6.63. The first kappa shape index (κ1) is 20.9. The van der Waals surface area contributed by atoms with E-state index in [0.29, 0.717) is 28.4 Å². The van der Waals surface area contributed by atoms with E-state index in [4.69, 9.17) is 31.4 Å². The molecular weight excluding hydrogens is 356 g/mol. The fraction of sp³-hybridized carbons (Fsp3) is 0.300. The summed E-state index contributed by atoms with van der Waals surface area (Å²) >= 11 is 0. The fourth-order valence-electron chi connectivity index (χ4n) is 2.55. The van der Waals surface area contributed by atoms with Crippen LogP contribution in [0, 0.1) is 16.2 Å². The number of nitrogen functional groups attached to an aromatic ring is 1. The first-order valence-corrected chi connectivity index (χ1v) is 8.80. The van der Waals surface area contributed by atoms with Gasteiger partial charge in [-0.2, -0.15) is 0 Å². The lowest BCUT2D eigenvalue weighted by Crippen LogP contribution is -2.28. The topological polar surface area (TPSA) is 132 Å². The van der Waals surface area contributed by atoms with Crippen molar-refractivity contribution in [2.45, 2.75) is 26.9 Å². The van der Waals surface area contributed by atoms with Crippen LogP contribution < -0.4 is 15.4 Å². The van der Waals surface area contributed by atoms with E-state index in [1.54, 1.807) is 48.5 Å². The largest absolute Gasteiger partial charge is 0.491 e. The number of benzene rings is 1. The molecule has 8 heteroatoms. The van der Waals surface area contributed by atoms with Crippen LogP contribution in [0.1, 0.15) is 31.9 Å². The molecule has 148 valence electrons. The van der Waals surface area contributed by atoms with Crippen LogP contribution in [0.4, 0.5) is 11.5 Å². The summed E-state index contributed by atoms with van der Waals surface area (Å²) in [5.41, 5.74) is 8.04. The number of nitrogens with zero attached hydrogens (tertiary/aromatic N) is 2. The average molecular weight is 382 g/mol. The lowest BCUT2D eigenvalue weighted by atomic mass is 10.0. The van der Waals surface area contributed by atoms with Gasteiger partial charge in [0.1, 0.15) is 11.6 Å². The number of anilines is 2. The van der Waals surface area contributed by atoms with Crippen LogP contribution in [-0.4, -0.2) is 42.2 Å². The first-order chi connectivity index (χ1) is 13.2. The maximum absolute atomic E-state index is 8.59. The predicted octanol–water partition coefficient (Wildman–Crippen LogP) is 3.29. The lowest BCUT2D eigenvalue weighted by Gasteiger charge is -2.19. The second kappa shape index (κ2) is 8.98. The molecule has 0 aliphatic rings. The minimum absolute atomic E-state index is 0.0222. The molecule has 1 aromatic heterocycles. The molecule has 0 amide bonds. The van der Waals surface area contributed by atoms with Crippen molar-refractivity contribution in [2.24, 2.45) is 0 Å². The summed E-state index contributed by atoms with van der Waals surface area (Å²) in [5, 5.41) is 23.7. The number of hydrogen-bond donors (Lipinski definition) is 4. The fourth-order valence-corrected chi connectivity index (χ4v) is 2.55. The van der Waals surface area contributed by atoms with Crippen LogP contribution in [0.3, 0.4) is 0 Å². The van der Waals surface area contributed by atoms with Crippen LogP contribution in [-0.2, 0) is 4.74 Å². The smallest absolute Gasteiger partial charge is 0.208 e. The van der Waals surface area contributed by atoms with Crippen molar-refractivity contribution in [1.29, 1.82) is 16.2 Å². The SMILES string of the molecule is CC(=N)OC(=N)CN(C)c1cc(C(=N)c2cc(OC(C)C)ccc2N)ccn1. The van der Waals surface area contributed by atoms with E-state index in [9.17, 15) is 0 Å². The average Bonchev–Trinajstić information content (AvgIpc) is 2.61. The van der Waals surface area contributed by atoms with Gasteiger partial charge in [-0.25, -0.2) is 4.98 Å². The Morgan fingerprint density at radius 3 is 2.54 bits per heavy atom. The van der Waals surface area contributed by atoms with E-state index in [0.717, 1.165) is 0 Å². The molecule has 0 fully saturated rings. The van der Waals surface area contributed by atoms with Crippen LogP contribution in [0.15, 0.2) is 36.5 Å². The maximum atomic E-state index is 8.59. The molecule has 0 aliphatic carbocycles. The molecule has 0 radical (unpaired) electrons. The Balaban J connectivity index is 2.24. The molecule has 0 spiro atoms. The predicted molar refractivity (Wildman–Crippen MR) is 112 cm³/mol. The molecule has 2 aromatic rings. The van der Waals surface area contributed by atoms with Gasteiger partial charge in [0.2, 0.25) is 5.90 Å². The highest BCUT2D eigenvalue weighted by molar-refractivity contribution is 6.14. The van der Waals surface area contributed by atoms with E-state index in [-0.39, 0.29) is 30.2 Å². The zero-order chi connectivity index (χ0) is 20.8. The van der Waals surface area contributed by atoms with Crippen LogP contribution in [0.5, 0.6) is 5.75 Å². The van der Waals surface area contributed by atoms with E-state index >= 15 is 0 Å². The van der Waals surface area contributed by atoms with Gasteiger partial charge < -0.3 is 20.1 Å². The zero-order valence-corrected chi connectivity index (χ0v) is 16.5. The summed E-state index contributed by atoms with van der Waals surface area (Å²) in [6, 6.07) is 8.77. The molecule has 0 atom stereocenters.